The highest BCUT2D eigenvalue weighted by molar-refractivity contribution is 6.29. The van der Waals surface area contributed by atoms with Gasteiger partial charge in [-0.15, -0.1) is 0 Å². The molecule has 0 bridgehead atoms. The first-order chi connectivity index (χ1) is 7.63. The fourth-order valence-electron chi connectivity index (χ4n) is 1.10. The van der Waals surface area contributed by atoms with Crippen molar-refractivity contribution in [2.24, 2.45) is 0 Å². The van der Waals surface area contributed by atoms with E-state index >= 15 is 0 Å². The van der Waals surface area contributed by atoms with Crippen LogP contribution in [0.25, 0.3) is 0 Å². The van der Waals surface area contributed by atoms with Crippen LogP contribution in [0.3, 0.4) is 0 Å². The summed E-state index contributed by atoms with van der Waals surface area (Å²) in [6.07, 6.45) is 1.19. The zero-order chi connectivity index (χ0) is 12.0. The Bertz CT molecular complexity index is 357. The molecule has 0 aliphatic heterocycles. The minimum absolute atomic E-state index is 0.270. The number of carbonyl (C=O) groups is 1. The van der Waals surface area contributed by atoms with Crippen LogP contribution in [0.4, 0.5) is 0 Å². The maximum atomic E-state index is 11.6. The first kappa shape index (κ1) is 12.9. The number of rotatable bonds is 5. The summed E-state index contributed by atoms with van der Waals surface area (Å²) in [4.78, 5) is 15.4. The van der Waals surface area contributed by atoms with Gasteiger partial charge in [-0.2, -0.15) is 0 Å². The lowest BCUT2D eigenvalue weighted by Gasteiger charge is -2.12. The van der Waals surface area contributed by atoms with Crippen LogP contribution in [0.2, 0.25) is 5.15 Å². The van der Waals surface area contributed by atoms with Crippen LogP contribution < -0.4 is 0 Å². The second kappa shape index (κ2) is 6.45. The molecule has 0 aromatic carbocycles. The third-order valence-electron chi connectivity index (χ3n) is 1.83. The van der Waals surface area contributed by atoms with E-state index in [-0.39, 0.29) is 11.3 Å². The van der Waals surface area contributed by atoms with Crippen LogP contribution in [0, 0.1) is 0 Å². The quantitative estimate of drug-likeness (QED) is 0.588. The number of esters is 1. The lowest BCUT2D eigenvalue weighted by atomic mass is 10.3. The van der Waals surface area contributed by atoms with Gasteiger partial charge < -0.3 is 9.47 Å². The summed E-state index contributed by atoms with van der Waals surface area (Å²) < 4.78 is 10.3. The Balaban J connectivity index is 2.52. The molecule has 0 aliphatic rings. The molecule has 0 fully saturated rings. The van der Waals surface area contributed by atoms with Crippen LogP contribution >= 0.6 is 11.6 Å². The molecular weight excluding hydrogens is 230 g/mol. The van der Waals surface area contributed by atoms with Gasteiger partial charge in [0, 0.05) is 12.8 Å². The van der Waals surface area contributed by atoms with E-state index in [0.29, 0.717) is 18.8 Å². The molecule has 88 valence electrons. The Morgan fingerprint density at radius 2 is 2.38 bits per heavy atom. The Morgan fingerprint density at radius 3 is 3.00 bits per heavy atom. The van der Waals surface area contributed by atoms with Gasteiger partial charge in [0.1, 0.15) is 11.3 Å². The van der Waals surface area contributed by atoms with Crippen LogP contribution in [-0.4, -0.2) is 30.3 Å². The van der Waals surface area contributed by atoms with E-state index in [9.17, 15) is 4.79 Å². The molecule has 1 heterocycles. The minimum Gasteiger partial charge on any atom is -0.457 e. The van der Waals surface area contributed by atoms with E-state index < -0.39 is 5.97 Å². The van der Waals surface area contributed by atoms with Gasteiger partial charge in [0.15, 0.2) is 0 Å². The van der Waals surface area contributed by atoms with Crippen molar-refractivity contribution in [3.63, 3.8) is 0 Å². The monoisotopic (exact) mass is 243 g/mol. The van der Waals surface area contributed by atoms with Crippen molar-refractivity contribution in [1.29, 1.82) is 0 Å². The summed E-state index contributed by atoms with van der Waals surface area (Å²) in [5.41, 5.74) is 0.392. The summed E-state index contributed by atoms with van der Waals surface area (Å²) in [6.45, 7) is 4.65. The van der Waals surface area contributed by atoms with E-state index in [1.807, 2.05) is 6.92 Å². The van der Waals surface area contributed by atoms with Crippen molar-refractivity contribution in [3.05, 3.63) is 29.0 Å². The van der Waals surface area contributed by atoms with E-state index in [4.69, 9.17) is 21.1 Å². The molecule has 1 aromatic rings. The van der Waals surface area contributed by atoms with Crippen molar-refractivity contribution < 1.29 is 14.3 Å². The predicted molar refractivity (Wildman–Crippen MR) is 60.6 cm³/mol. The number of hydrogen-bond acceptors (Lipinski definition) is 4. The van der Waals surface area contributed by atoms with Crippen LogP contribution in [-0.2, 0) is 9.47 Å². The summed E-state index contributed by atoms with van der Waals surface area (Å²) in [7, 11) is 0. The normalized spacial score (nSPS) is 12.2. The minimum atomic E-state index is -0.420. The van der Waals surface area contributed by atoms with Gasteiger partial charge >= 0.3 is 5.97 Å². The standard InChI is InChI=1S/C11H14ClNO3/c1-3-15-7-8(2)16-11(14)9-4-5-13-10(12)6-9/h4-6,8H,3,7H2,1-2H3. The molecule has 1 unspecified atom stereocenters. The topological polar surface area (TPSA) is 48.4 Å². The number of aromatic nitrogens is 1. The van der Waals surface area contributed by atoms with Crippen LogP contribution in [0.5, 0.6) is 0 Å². The molecule has 0 radical (unpaired) electrons. The second-order valence-corrected chi connectivity index (χ2v) is 3.63. The number of carbonyl (C=O) groups excluding carboxylic acids is 1. The van der Waals surface area contributed by atoms with E-state index in [0.717, 1.165) is 0 Å². The van der Waals surface area contributed by atoms with Gasteiger partial charge in [0.05, 0.1) is 12.2 Å². The molecule has 0 N–H and O–H groups in total. The molecule has 1 rings (SSSR count). The van der Waals surface area contributed by atoms with Gasteiger partial charge in [-0.05, 0) is 26.0 Å². The van der Waals surface area contributed by atoms with Crippen LogP contribution in [0.15, 0.2) is 18.3 Å². The Morgan fingerprint density at radius 1 is 1.62 bits per heavy atom. The van der Waals surface area contributed by atoms with Gasteiger partial charge in [-0.25, -0.2) is 9.78 Å². The maximum absolute atomic E-state index is 11.6. The number of hydrogen-bond donors (Lipinski definition) is 0. The highest BCUT2D eigenvalue weighted by atomic mass is 35.5. The number of ether oxygens (including phenoxy) is 2. The van der Waals surface area contributed by atoms with Crippen molar-refractivity contribution in [2.75, 3.05) is 13.2 Å². The number of halogens is 1. The zero-order valence-electron chi connectivity index (χ0n) is 9.27. The van der Waals surface area contributed by atoms with Gasteiger partial charge in [-0.1, -0.05) is 11.6 Å². The molecule has 1 atom stereocenters. The third kappa shape index (κ3) is 4.16. The number of pyridine rings is 1. The smallest absolute Gasteiger partial charge is 0.338 e. The van der Waals surface area contributed by atoms with Crippen LogP contribution in [0.1, 0.15) is 24.2 Å². The molecule has 0 amide bonds. The van der Waals surface area contributed by atoms with E-state index in [2.05, 4.69) is 4.98 Å². The second-order valence-electron chi connectivity index (χ2n) is 3.24. The Kier molecular flexibility index (Phi) is 5.22. The van der Waals surface area contributed by atoms with Crippen molar-refractivity contribution in [2.45, 2.75) is 20.0 Å². The maximum Gasteiger partial charge on any atom is 0.338 e. The summed E-state index contributed by atoms with van der Waals surface area (Å²) in [6, 6.07) is 3.03. The molecule has 0 saturated heterocycles. The fourth-order valence-corrected chi connectivity index (χ4v) is 1.27. The fraction of sp³-hybridized carbons (Fsp3) is 0.455. The Hall–Kier alpha value is -1.13. The molecular formula is C11H14ClNO3. The number of nitrogens with zero attached hydrogens (tertiary/aromatic N) is 1. The average Bonchev–Trinajstić information content (AvgIpc) is 2.26. The third-order valence-corrected chi connectivity index (χ3v) is 2.03. The molecule has 1 aromatic heterocycles. The van der Waals surface area contributed by atoms with E-state index in [1.54, 1.807) is 13.0 Å². The van der Waals surface area contributed by atoms with Crippen molar-refractivity contribution in [3.8, 4) is 0 Å². The van der Waals surface area contributed by atoms with Gasteiger partial charge in [-0.3, -0.25) is 0 Å². The van der Waals surface area contributed by atoms with Gasteiger partial charge in [0.2, 0.25) is 0 Å². The summed E-state index contributed by atoms with van der Waals surface area (Å²) >= 11 is 5.67. The summed E-state index contributed by atoms with van der Waals surface area (Å²) in [5, 5.41) is 0.270. The molecule has 16 heavy (non-hydrogen) atoms. The molecule has 0 saturated carbocycles. The lowest BCUT2D eigenvalue weighted by Crippen LogP contribution is -2.20. The first-order valence-electron chi connectivity index (χ1n) is 5.03. The highest BCUT2D eigenvalue weighted by Crippen LogP contribution is 2.09. The summed E-state index contributed by atoms with van der Waals surface area (Å²) in [5.74, 6) is -0.420. The zero-order valence-corrected chi connectivity index (χ0v) is 10.0. The average molecular weight is 244 g/mol. The Labute approximate surface area is 99.5 Å². The highest BCUT2D eigenvalue weighted by Gasteiger charge is 2.12. The van der Waals surface area contributed by atoms with E-state index in [1.165, 1.54) is 12.3 Å². The molecule has 5 heteroatoms. The van der Waals surface area contributed by atoms with Crippen molar-refractivity contribution in [1.82, 2.24) is 4.98 Å². The molecule has 0 spiro atoms. The van der Waals surface area contributed by atoms with Gasteiger partial charge in [0.25, 0.3) is 0 Å². The first-order valence-corrected chi connectivity index (χ1v) is 5.41. The lowest BCUT2D eigenvalue weighted by molar-refractivity contribution is 0.00438. The molecule has 0 aliphatic carbocycles. The van der Waals surface area contributed by atoms with Crippen molar-refractivity contribution >= 4 is 17.6 Å². The largest absolute Gasteiger partial charge is 0.457 e. The SMILES string of the molecule is CCOCC(C)OC(=O)c1ccnc(Cl)c1. The molecule has 4 nitrogen and oxygen atoms in total. The predicted octanol–water partition coefficient (Wildman–Crippen LogP) is 2.32.